The molecule has 7 nitrogen and oxygen atoms in total. The van der Waals surface area contributed by atoms with Gasteiger partial charge in [-0.05, 0) is 23.3 Å². The third kappa shape index (κ3) is 4.19. The first kappa shape index (κ1) is 19.5. The molecule has 28 heavy (non-hydrogen) atoms. The van der Waals surface area contributed by atoms with Gasteiger partial charge in [0.05, 0.1) is 20.1 Å². The molecule has 0 saturated carbocycles. The monoisotopic (exact) mass is 385 g/mol. The zero-order chi connectivity index (χ0) is 20.1. The number of carboxylic acids is 1. The third-order valence-corrected chi connectivity index (χ3v) is 4.94. The van der Waals surface area contributed by atoms with Crippen molar-refractivity contribution in [3.8, 4) is 11.5 Å². The molecule has 0 spiro atoms. The molecule has 1 aliphatic rings. The molecular formula is C21H23NO6. The molecule has 0 aromatic heterocycles. The minimum absolute atomic E-state index is 0.0992. The number of hydrogen-bond acceptors (Lipinski definition) is 5. The quantitative estimate of drug-likeness (QED) is 0.822. The summed E-state index contributed by atoms with van der Waals surface area (Å²) in [6.07, 6.45) is -0.516. The van der Waals surface area contributed by atoms with Crippen LogP contribution in [0.25, 0.3) is 0 Å². The van der Waals surface area contributed by atoms with E-state index in [9.17, 15) is 14.7 Å². The topological polar surface area (TPSA) is 85.3 Å². The molecule has 1 fully saturated rings. The molecule has 2 atom stereocenters. The van der Waals surface area contributed by atoms with Gasteiger partial charge in [0.2, 0.25) is 0 Å². The van der Waals surface area contributed by atoms with Crippen LogP contribution in [-0.2, 0) is 16.1 Å². The summed E-state index contributed by atoms with van der Waals surface area (Å²) in [7, 11) is 3.07. The standard InChI is InChI=1S/C21H23NO6/c1-26-18-9-8-15(10-19(18)27-2)16-11-22(12-17(16)20(23)24)21(25)28-13-14-6-4-3-5-7-14/h3-10,16-17H,11-13H2,1-2H3,(H,23,24)/t16-,17+/m0/s1. The van der Waals surface area contributed by atoms with Gasteiger partial charge in [-0.3, -0.25) is 4.79 Å². The average molecular weight is 385 g/mol. The molecule has 1 aliphatic heterocycles. The molecule has 1 N–H and O–H groups in total. The highest BCUT2D eigenvalue weighted by Crippen LogP contribution is 2.37. The van der Waals surface area contributed by atoms with Gasteiger partial charge in [0, 0.05) is 19.0 Å². The lowest BCUT2D eigenvalue weighted by Crippen LogP contribution is -2.30. The van der Waals surface area contributed by atoms with E-state index in [-0.39, 0.29) is 25.6 Å². The fourth-order valence-corrected chi connectivity index (χ4v) is 3.43. The second-order valence-corrected chi connectivity index (χ2v) is 6.61. The highest BCUT2D eigenvalue weighted by Gasteiger charge is 2.41. The van der Waals surface area contributed by atoms with E-state index in [4.69, 9.17) is 14.2 Å². The maximum absolute atomic E-state index is 12.5. The fourth-order valence-electron chi connectivity index (χ4n) is 3.43. The Labute approximate surface area is 163 Å². The van der Waals surface area contributed by atoms with Gasteiger partial charge >= 0.3 is 12.1 Å². The first-order chi connectivity index (χ1) is 13.5. The number of carbonyl (C=O) groups excluding carboxylic acids is 1. The van der Waals surface area contributed by atoms with Crippen LogP contribution in [0.5, 0.6) is 11.5 Å². The summed E-state index contributed by atoms with van der Waals surface area (Å²) in [6.45, 7) is 0.511. The van der Waals surface area contributed by atoms with Crippen molar-refractivity contribution in [1.29, 1.82) is 0 Å². The zero-order valence-electron chi connectivity index (χ0n) is 15.8. The van der Waals surface area contributed by atoms with E-state index in [0.29, 0.717) is 11.5 Å². The number of nitrogens with zero attached hydrogens (tertiary/aromatic N) is 1. The van der Waals surface area contributed by atoms with Gasteiger partial charge in [0.1, 0.15) is 6.61 Å². The minimum atomic E-state index is -0.946. The second kappa shape index (κ2) is 8.65. The van der Waals surface area contributed by atoms with Crippen LogP contribution in [0.15, 0.2) is 48.5 Å². The van der Waals surface area contributed by atoms with E-state index in [0.717, 1.165) is 11.1 Å². The number of amides is 1. The van der Waals surface area contributed by atoms with E-state index in [1.165, 1.54) is 19.1 Å². The van der Waals surface area contributed by atoms with Gasteiger partial charge in [0.15, 0.2) is 11.5 Å². The van der Waals surface area contributed by atoms with Crippen LogP contribution in [0.1, 0.15) is 17.0 Å². The Hall–Kier alpha value is -3.22. The van der Waals surface area contributed by atoms with E-state index >= 15 is 0 Å². The molecule has 148 valence electrons. The van der Waals surface area contributed by atoms with Crippen molar-refractivity contribution in [2.24, 2.45) is 5.92 Å². The number of benzene rings is 2. The predicted octanol–water partition coefficient (Wildman–Crippen LogP) is 3.14. The average Bonchev–Trinajstić information content (AvgIpc) is 3.18. The maximum Gasteiger partial charge on any atom is 0.410 e. The lowest BCUT2D eigenvalue weighted by molar-refractivity contribution is -0.141. The van der Waals surface area contributed by atoms with Crippen LogP contribution in [-0.4, -0.2) is 49.4 Å². The van der Waals surface area contributed by atoms with Crippen LogP contribution < -0.4 is 9.47 Å². The number of likely N-dealkylation sites (tertiary alicyclic amines) is 1. The number of carbonyl (C=O) groups is 2. The molecular weight excluding hydrogens is 362 g/mol. The molecule has 0 unspecified atom stereocenters. The van der Waals surface area contributed by atoms with Gasteiger partial charge in [-0.25, -0.2) is 4.79 Å². The molecule has 7 heteroatoms. The highest BCUT2D eigenvalue weighted by atomic mass is 16.6. The third-order valence-electron chi connectivity index (χ3n) is 4.94. The van der Waals surface area contributed by atoms with Crippen LogP contribution in [0.4, 0.5) is 4.79 Å². The van der Waals surface area contributed by atoms with E-state index in [1.807, 2.05) is 30.3 Å². The first-order valence-electron chi connectivity index (χ1n) is 8.93. The molecule has 0 bridgehead atoms. The van der Waals surface area contributed by atoms with Crippen molar-refractivity contribution in [2.45, 2.75) is 12.5 Å². The largest absolute Gasteiger partial charge is 0.493 e. The van der Waals surface area contributed by atoms with E-state index in [1.54, 1.807) is 18.2 Å². The highest BCUT2D eigenvalue weighted by molar-refractivity contribution is 5.76. The van der Waals surface area contributed by atoms with Gasteiger partial charge in [-0.1, -0.05) is 36.4 Å². The molecule has 1 heterocycles. The first-order valence-corrected chi connectivity index (χ1v) is 8.93. The number of aliphatic carboxylic acids is 1. The van der Waals surface area contributed by atoms with E-state index in [2.05, 4.69) is 0 Å². The number of hydrogen-bond donors (Lipinski definition) is 1. The van der Waals surface area contributed by atoms with Gasteiger partial charge in [-0.2, -0.15) is 0 Å². The number of methoxy groups -OCH3 is 2. The van der Waals surface area contributed by atoms with Crippen molar-refractivity contribution in [3.05, 3.63) is 59.7 Å². The van der Waals surface area contributed by atoms with Crippen molar-refractivity contribution in [2.75, 3.05) is 27.3 Å². The SMILES string of the molecule is COc1ccc([C@@H]2CN(C(=O)OCc3ccccc3)C[C@H]2C(=O)O)cc1OC. The van der Waals surface area contributed by atoms with Crippen molar-refractivity contribution in [1.82, 2.24) is 4.90 Å². The minimum Gasteiger partial charge on any atom is -0.493 e. The maximum atomic E-state index is 12.5. The summed E-state index contributed by atoms with van der Waals surface area (Å²) >= 11 is 0. The van der Waals surface area contributed by atoms with Crippen molar-refractivity contribution >= 4 is 12.1 Å². The van der Waals surface area contributed by atoms with Crippen LogP contribution in [0.2, 0.25) is 0 Å². The smallest absolute Gasteiger partial charge is 0.410 e. The van der Waals surface area contributed by atoms with Crippen molar-refractivity contribution < 1.29 is 28.9 Å². The fraction of sp³-hybridized carbons (Fsp3) is 0.333. The Kier molecular flexibility index (Phi) is 6.03. The van der Waals surface area contributed by atoms with Crippen LogP contribution in [0, 0.1) is 5.92 Å². The number of rotatable bonds is 6. The number of carboxylic acid groups (broad SMARTS) is 1. The summed E-state index contributed by atoms with van der Waals surface area (Å²) in [5.41, 5.74) is 1.66. The number of ether oxygens (including phenoxy) is 3. The Morgan fingerprint density at radius 2 is 1.75 bits per heavy atom. The summed E-state index contributed by atoms with van der Waals surface area (Å²) < 4.78 is 15.9. The Bertz CT molecular complexity index is 838. The summed E-state index contributed by atoms with van der Waals surface area (Å²) in [4.78, 5) is 25.7. The molecule has 0 radical (unpaired) electrons. The summed E-state index contributed by atoms with van der Waals surface area (Å²) in [5, 5.41) is 9.64. The summed E-state index contributed by atoms with van der Waals surface area (Å²) in [6, 6.07) is 14.7. The second-order valence-electron chi connectivity index (χ2n) is 6.61. The summed E-state index contributed by atoms with van der Waals surface area (Å²) in [5.74, 6) is -0.938. The molecule has 3 rings (SSSR count). The molecule has 1 saturated heterocycles. The van der Waals surface area contributed by atoms with Crippen LogP contribution >= 0.6 is 0 Å². The molecule has 2 aromatic carbocycles. The lowest BCUT2D eigenvalue weighted by atomic mass is 9.89. The predicted molar refractivity (Wildman–Crippen MR) is 102 cm³/mol. The lowest BCUT2D eigenvalue weighted by Gasteiger charge is -2.17. The van der Waals surface area contributed by atoms with Gasteiger partial charge < -0.3 is 24.2 Å². The Morgan fingerprint density at radius 3 is 2.39 bits per heavy atom. The van der Waals surface area contributed by atoms with Gasteiger partial charge in [-0.15, -0.1) is 0 Å². The molecule has 0 aliphatic carbocycles. The van der Waals surface area contributed by atoms with Crippen molar-refractivity contribution in [3.63, 3.8) is 0 Å². The normalized spacial score (nSPS) is 18.6. The van der Waals surface area contributed by atoms with E-state index < -0.39 is 18.0 Å². The zero-order valence-corrected chi connectivity index (χ0v) is 15.8. The van der Waals surface area contributed by atoms with Gasteiger partial charge in [0.25, 0.3) is 0 Å². The molecule has 1 amide bonds. The Balaban J connectivity index is 1.73. The Morgan fingerprint density at radius 1 is 1.04 bits per heavy atom. The molecule has 2 aromatic rings. The van der Waals surface area contributed by atoms with Crippen LogP contribution in [0.3, 0.4) is 0 Å².